The van der Waals surface area contributed by atoms with Gasteiger partial charge in [-0.1, -0.05) is 37.7 Å². The van der Waals surface area contributed by atoms with E-state index in [0.29, 0.717) is 5.25 Å². The molecule has 17 heavy (non-hydrogen) atoms. The first-order valence-corrected chi connectivity index (χ1v) is 6.27. The van der Waals surface area contributed by atoms with Crippen LogP contribution in [-0.4, -0.2) is 30.3 Å². The quantitative estimate of drug-likeness (QED) is 0.648. The van der Waals surface area contributed by atoms with Gasteiger partial charge in [0.15, 0.2) is 0 Å². The van der Waals surface area contributed by atoms with Crippen molar-refractivity contribution in [1.29, 1.82) is 0 Å². The predicted molar refractivity (Wildman–Crippen MR) is 67.1 cm³/mol. The second-order valence-electron chi connectivity index (χ2n) is 3.99. The first kappa shape index (κ1) is 10.5. The van der Waals surface area contributed by atoms with Gasteiger partial charge in [0.2, 0.25) is 5.65 Å². The average molecular weight is 245 g/mol. The van der Waals surface area contributed by atoms with Crippen LogP contribution >= 0.6 is 11.8 Å². The highest BCUT2D eigenvalue weighted by Crippen LogP contribution is 2.26. The van der Waals surface area contributed by atoms with Crippen LogP contribution in [0.1, 0.15) is 13.8 Å². The normalized spacial score (nSPS) is 11.7. The minimum Gasteiger partial charge on any atom is -0.236 e. The number of tetrazole rings is 1. The van der Waals surface area contributed by atoms with Crippen LogP contribution in [0.3, 0.4) is 0 Å². The van der Waals surface area contributed by atoms with Crippen LogP contribution in [0.5, 0.6) is 0 Å². The monoisotopic (exact) mass is 245 g/mol. The summed E-state index contributed by atoms with van der Waals surface area (Å²) >= 11 is 1.67. The van der Waals surface area contributed by atoms with Gasteiger partial charge in [0.1, 0.15) is 5.03 Å². The van der Waals surface area contributed by atoms with Gasteiger partial charge in [-0.25, -0.2) is 4.98 Å². The van der Waals surface area contributed by atoms with Crippen molar-refractivity contribution in [1.82, 2.24) is 25.0 Å². The zero-order chi connectivity index (χ0) is 11.8. The van der Waals surface area contributed by atoms with E-state index in [2.05, 4.69) is 34.4 Å². The highest BCUT2D eigenvalue weighted by molar-refractivity contribution is 8.00. The molecule has 1 aromatic carbocycles. The molecular weight excluding hydrogens is 234 g/mol. The second kappa shape index (κ2) is 3.96. The molecule has 3 rings (SSSR count). The summed E-state index contributed by atoms with van der Waals surface area (Å²) < 4.78 is 1.74. The van der Waals surface area contributed by atoms with Crippen LogP contribution < -0.4 is 0 Å². The maximum atomic E-state index is 4.62. The molecule has 86 valence electrons. The summed E-state index contributed by atoms with van der Waals surface area (Å²) in [6, 6.07) is 7.87. The predicted octanol–water partition coefficient (Wildman–Crippen LogP) is 2.17. The minimum atomic E-state index is 0.448. The lowest BCUT2D eigenvalue weighted by atomic mass is 10.3. The van der Waals surface area contributed by atoms with E-state index in [1.807, 2.05) is 24.3 Å². The molecule has 0 amide bonds. The van der Waals surface area contributed by atoms with Gasteiger partial charge < -0.3 is 0 Å². The number of nitrogens with zero attached hydrogens (tertiary/aromatic N) is 5. The maximum Gasteiger partial charge on any atom is 0.212 e. The third-order valence-electron chi connectivity index (χ3n) is 2.34. The third-order valence-corrected chi connectivity index (χ3v) is 3.31. The molecule has 0 unspecified atom stereocenters. The van der Waals surface area contributed by atoms with Crippen LogP contribution in [0.4, 0.5) is 0 Å². The van der Waals surface area contributed by atoms with E-state index < -0.39 is 0 Å². The molecule has 2 aromatic heterocycles. The van der Waals surface area contributed by atoms with Crippen LogP contribution in [0.2, 0.25) is 0 Å². The van der Waals surface area contributed by atoms with E-state index in [1.54, 1.807) is 16.3 Å². The van der Waals surface area contributed by atoms with E-state index in [-0.39, 0.29) is 0 Å². The van der Waals surface area contributed by atoms with Crippen molar-refractivity contribution in [3.8, 4) is 0 Å². The van der Waals surface area contributed by atoms with Crippen LogP contribution in [0.25, 0.3) is 16.7 Å². The lowest BCUT2D eigenvalue weighted by molar-refractivity contribution is 0.839. The van der Waals surface area contributed by atoms with Crippen molar-refractivity contribution in [2.45, 2.75) is 24.1 Å². The van der Waals surface area contributed by atoms with Gasteiger partial charge in [0.25, 0.3) is 0 Å². The van der Waals surface area contributed by atoms with Crippen LogP contribution in [0, 0.1) is 0 Å². The van der Waals surface area contributed by atoms with Gasteiger partial charge >= 0.3 is 0 Å². The minimum absolute atomic E-state index is 0.448. The van der Waals surface area contributed by atoms with Gasteiger partial charge in [-0.2, -0.15) is 4.52 Å². The molecule has 5 nitrogen and oxygen atoms in total. The molecule has 0 fully saturated rings. The fourth-order valence-electron chi connectivity index (χ4n) is 1.68. The molecule has 0 radical (unpaired) electrons. The number of benzene rings is 1. The van der Waals surface area contributed by atoms with Crippen molar-refractivity contribution in [2.24, 2.45) is 0 Å². The molecule has 2 heterocycles. The molecule has 0 bridgehead atoms. The summed E-state index contributed by atoms with van der Waals surface area (Å²) in [5.74, 6) is 0. The average Bonchev–Trinajstić information content (AvgIpc) is 2.78. The summed E-state index contributed by atoms with van der Waals surface area (Å²) in [6.45, 7) is 4.25. The van der Waals surface area contributed by atoms with E-state index in [0.717, 1.165) is 21.7 Å². The highest BCUT2D eigenvalue weighted by atomic mass is 32.2. The zero-order valence-corrected chi connectivity index (χ0v) is 10.3. The van der Waals surface area contributed by atoms with Gasteiger partial charge in [0, 0.05) is 5.25 Å². The number of thioether (sulfide) groups is 1. The molecule has 0 atom stereocenters. The Labute approximate surface area is 102 Å². The summed E-state index contributed by atoms with van der Waals surface area (Å²) in [5.41, 5.74) is 2.57. The molecule has 0 aliphatic carbocycles. The number of hydrogen-bond acceptors (Lipinski definition) is 5. The number of aromatic nitrogens is 5. The molecule has 0 aliphatic heterocycles. The smallest absolute Gasteiger partial charge is 0.212 e. The SMILES string of the molecule is CC(C)Sc1nc2ccccc2n2nnnc12. The van der Waals surface area contributed by atoms with E-state index in [1.165, 1.54) is 0 Å². The van der Waals surface area contributed by atoms with Crippen molar-refractivity contribution < 1.29 is 0 Å². The van der Waals surface area contributed by atoms with Crippen molar-refractivity contribution in [3.63, 3.8) is 0 Å². The molecule has 0 N–H and O–H groups in total. The largest absolute Gasteiger partial charge is 0.236 e. The van der Waals surface area contributed by atoms with Crippen LogP contribution in [-0.2, 0) is 0 Å². The number of fused-ring (bicyclic) bond motifs is 3. The highest BCUT2D eigenvalue weighted by Gasteiger charge is 2.12. The second-order valence-corrected chi connectivity index (χ2v) is 5.55. The third kappa shape index (κ3) is 1.74. The Morgan fingerprint density at radius 2 is 2.06 bits per heavy atom. The lowest BCUT2D eigenvalue weighted by Gasteiger charge is -2.06. The van der Waals surface area contributed by atoms with Gasteiger partial charge in [0.05, 0.1) is 11.0 Å². The van der Waals surface area contributed by atoms with Crippen molar-refractivity contribution >= 4 is 28.4 Å². The molecular formula is C11H11N5S. The van der Waals surface area contributed by atoms with E-state index in [9.17, 15) is 0 Å². The fraction of sp³-hybridized carbons (Fsp3) is 0.273. The lowest BCUT2D eigenvalue weighted by Crippen LogP contribution is -1.98. The first-order valence-electron chi connectivity index (χ1n) is 5.39. The first-order chi connectivity index (χ1) is 8.25. The van der Waals surface area contributed by atoms with Crippen molar-refractivity contribution in [3.05, 3.63) is 24.3 Å². The maximum absolute atomic E-state index is 4.62. The Hall–Kier alpha value is -1.69. The number of para-hydroxylation sites is 2. The Morgan fingerprint density at radius 1 is 1.24 bits per heavy atom. The standard InChI is InChI=1S/C11H11N5S/c1-7(2)17-11-10-13-14-15-16(10)9-6-4-3-5-8(9)12-11/h3-7H,1-2H3. The van der Waals surface area contributed by atoms with Gasteiger partial charge in [-0.05, 0) is 22.6 Å². The Balaban J connectivity index is 2.35. The molecule has 3 aromatic rings. The van der Waals surface area contributed by atoms with Gasteiger partial charge in [-0.15, -0.1) is 5.10 Å². The van der Waals surface area contributed by atoms with Crippen LogP contribution in [0.15, 0.2) is 29.3 Å². The topological polar surface area (TPSA) is 56.0 Å². The summed E-state index contributed by atoms with van der Waals surface area (Å²) in [7, 11) is 0. The fourth-order valence-corrected chi connectivity index (χ4v) is 2.51. The van der Waals surface area contributed by atoms with E-state index >= 15 is 0 Å². The molecule has 0 spiro atoms. The summed E-state index contributed by atoms with van der Waals surface area (Å²) in [6.07, 6.45) is 0. The molecule has 0 saturated carbocycles. The Bertz CT molecular complexity index is 676. The Kier molecular flexibility index (Phi) is 2.44. The molecule has 6 heteroatoms. The Morgan fingerprint density at radius 3 is 2.88 bits per heavy atom. The number of hydrogen-bond donors (Lipinski definition) is 0. The summed E-state index contributed by atoms with van der Waals surface area (Å²) in [5, 5.41) is 13.1. The summed E-state index contributed by atoms with van der Waals surface area (Å²) in [4.78, 5) is 4.62. The molecule has 0 aliphatic rings. The zero-order valence-electron chi connectivity index (χ0n) is 9.53. The number of rotatable bonds is 2. The van der Waals surface area contributed by atoms with E-state index in [4.69, 9.17) is 0 Å². The van der Waals surface area contributed by atoms with Crippen molar-refractivity contribution in [2.75, 3.05) is 0 Å². The van der Waals surface area contributed by atoms with Gasteiger partial charge in [-0.3, -0.25) is 0 Å². The molecule has 0 saturated heterocycles.